The summed E-state index contributed by atoms with van der Waals surface area (Å²) in [5.74, 6) is -0.259. The number of hydrogen-bond donors (Lipinski definition) is 0. The van der Waals surface area contributed by atoms with Crippen molar-refractivity contribution < 1.29 is 27.5 Å². The molecule has 2 amide bonds. The van der Waals surface area contributed by atoms with Crippen molar-refractivity contribution in [1.82, 2.24) is 4.90 Å². The molecule has 1 atom stereocenters. The van der Waals surface area contributed by atoms with Crippen LogP contribution in [0.2, 0.25) is 0 Å². The molecule has 2 rings (SSSR count). The van der Waals surface area contributed by atoms with Crippen LogP contribution in [0.15, 0.2) is 59.5 Å². The summed E-state index contributed by atoms with van der Waals surface area (Å²) < 4.78 is 42.7. The molecule has 0 bridgehead atoms. The van der Waals surface area contributed by atoms with Crippen LogP contribution in [0.3, 0.4) is 0 Å². The molecular weight excluding hydrogens is 427 g/mol. The maximum atomic E-state index is 12.5. The highest BCUT2D eigenvalue weighted by molar-refractivity contribution is 8.00. The number of carbonyl (C=O) groups excluding carboxylic acids is 2. The number of nitrogens with zero attached hydrogens (tertiary/aromatic N) is 1. The van der Waals surface area contributed by atoms with Crippen molar-refractivity contribution in [1.29, 1.82) is 0 Å². The van der Waals surface area contributed by atoms with Gasteiger partial charge < -0.3 is 4.74 Å². The number of amides is 2. The minimum Gasteiger partial charge on any atom is -0.449 e. The lowest BCUT2D eigenvalue weighted by Crippen LogP contribution is -2.39. The van der Waals surface area contributed by atoms with Crippen LogP contribution in [0.5, 0.6) is 0 Å². The van der Waals surface area contributed by atoms with E-state index in [1.807, 2.05) is 13.8 Å². The van der Waals surface area contributed by atoms with Gasteiger partial charge in [-0.25, -0.2) is 9.69 Å². The lowest BCUT2D eigenvalue weighted by atomic mass is 10.0. The number of hydrogen-bond acceptors (Lipinski definition) is 4. The third-order valence-electron chi connectivity index (χ3n) is 4.82. The second kappa shape index (κ2) is 11.2. The van der Waals surface area contributed by atoms with Crippen molar-refractivity contribution >= 4 is 29.3 Å². The summed E-state index contributed by atoms with van der Waals surface area (Å²) in [6, 6.07) is 5.63. The van der Waals surface area contributed by atoms with Crippen LogP contribution in [0, 0.1) is 0 Å². The first-order chi connectivity index (χ1) is 14.7. The summed E-state index contributed by atoms with van der Waals surface area (Å²) in [6.45, 7) is 7.86. The standard InChI is InChI=1S/C23H26F3NO3S/c1-4-6-15-30-22(29)27-20(13-14-21(27)28)16(3)7-8-17(5-2)18-9-11-19(12-10-18)31-23(24,25)26/h5,7-12,20H,2,4,6,13-15H2,1,3H3/b16-7+,17-8+. The fourth-order valence-corrected chi connectivity index (χ4v) is 3.72. The Balaban J connectivity index is 2.15. The van der Waals surface area contributed by atoms with Gasteiger partial charge in [0.25, 0.3) is 0 Å². The smallest absolute Gasteiger partial charge is 0.446 e. The number of imide groups is 1. The van der Waals surface area contributed by atoms with Crippen molar-refractivity contribution in [3.8, 4) is 0 Å². The minimum atomic E-state index is -4.33. The molecule has 8 heteroatoms. The van der Waals surface area contributed by atoms with Gasteiger partial charge in [0.15, 0.2) is 0 Å². The largest absolute Gasteiger partial charge is 0.449 e. The van der Waals surface area contributed by atoms with Gasteiger partial charge in [-0.2, -0.15) is 13.2 Å². The number of benzene rings is 1. The Morgan fingerprint density at radius 2 is 1.97 bits per heavy atom. The molecule has 1 aromatic rings. The quantitative estimate of drug-likeness (QED) is 0.248. The van der Waals surface area contributed by atoms with Crippen molar-refractivity contribution in [2.75, 3.05) is 6.61 Å². The Hall–Kier alpha value is -2.48. The van der Waals surface area contributed by atoms with E-state index in [4.69, 9.17) is 4.74 Å². The highest BCUT2D eigenvalue weighted by Crippen LogP contribution is 2.37. The molecule has 0 saturated carbocycles. The maximum Gasteiger partial charge on any atom is 0.446 e. The molecule has 0 aromatic heterocycles. The number of thioether (sulfide) groups is 1. The molecule has 0 aliphatic carbocycles. The van der Waals surface area contributed by atoms with Crippen LogP contribution in [-0.2, 0) is 9.53 Å². The molecule has 168 valence electrons. The Labute approximate surface area is 184 Å². The van der Waals surface area contributed by atoms with E-state index in [0.29, 0.717) is 17.6 Å². The van der Waals surface area contributed by atoms with Crippen LogP contribution in [-0.4, -0.2) is 35.1 Å². The Morgan fingerprint density at radius 3 is 2.55 bits per heavy atom. The summed E-state index contributed by atoms with van der Waals surface area (Å²) in [6.07, 6.45) is 6.96. The van der Waals surface area contributed by atoms with Gasteiger partial charge in [0.2, 0.25) is 5.91 Å². The summed E-state index contributed by atoms with van der Waals surface area (Å²) in [4.78, 5) is 25.8. The summed E-state index contributed by atoms with van der Waals surface area (Å²) in [7, 11) is 0. The Bertz CT molecular complexity index is 860. The number of rotatable bonds is 8. The zero-order chi connectivity index (χ0) is 23.0. The van der Waals surface area contributed by atoms with Gasteiger partial charge in [0, 0.05) is 11.3 Å². The van der Waals surface area contributed by atoms with E-state index in [2.05, 4.69) is 6.58 Å². The summed E-state index contributed by atoms with van der Waals surface area (Å²) in [5, 5.41) is 0. The molecule has 1 unspecified atom stereocenters. The second-order valence-corrected chi connectivity index (χ2v) is 8.23. The minimum absolute atomic E-state index is 0.105. The number of halogens is 3. The zero-order valence-corrected chi connectivity index (χ0v) is 18.4. The van der Waals surface area contributed by atoms with E-state index >= 15 is 0 Å². The molecule has 0 N–H and O–H groups in total. The molecule has 1 fully saturated rings. The number of alkyl halides is 3. The molecule has 31 heavy (non-hydrogen) atoms. The van der Waals surface area contributed by atoms with Gasteiger partial charge in [-0.1, -0.05) is 55.9 Å². The molecular formula is C23H26F3NO3S. The predicted molar refractivity (Wildman–Crippen MR) is 116 cm³/mol. The van der Waals surface area contributed by atoms with E-state index in [9.17, 15) is 22.8 Å². The molecule has 4 nitrogen and oxygen atoms in total. The SMILES string of the molecule is C=C/C(=C\C=C(/C)C1CCC(=O)N1C(=O)OCCCC)c1ccc(SC(F)(F)F)cc1. The van der Waals surface area contributed by atoms with Gasteiger partial charge in [-0.05, 0) is 54.8 Å². The molecule has 1 aliphatic rings. The van der Waals surface area contributed by atoms with E-state index in [-0.39, 0.29) is 41.6 Å². The fraction of sp³-hybridized carbons (Fsp3) is 0.391. The maximum absolute atomic E-state index is 12.5. The number of carbonyl (C=O) groups is 2. The van der Waals surface area contributed by atoms with Crippen molar-refractivity contribution in [2.24, 2.45) is 0 Å². The Kier molecular flexibility index (Phi) is 8.98. The van der Waals surface area contributed by atoms with Gasteiger partial charge in [-0.3, -0.25) is 4.79 Å². The lowest BCUT2D eigenvalue weighted by Gasteiger charge is -2.23. The van der Waals surface area contributed by atoms with Crippen LogP contribution >= 0.6 is 11.8 Å². The molecule has 1 aromatic carbocycles. The highest BCUT2D eigenvalue weighted by Gasteiger charge is 2.37. The molecule has 1 heterocycles. The average Bonchev–Trinajstić information content (AvgIpc) is 3.10. The van der Waals surface area contributed by atoms with Crippen LogP contribution in [0.4, 0.5) is 18.0 Å². The van der Waals surface area contributed by atoms with Crippen molar-refractivity contribution in [3.05, 3.63) is 60.2 Å². The first-order valence-electron chi connectivity index (χ1n) is 10.0. The zero-order valence-electron chi connectivity index (χ0n) is 17.6. The van der Waals surface area contributed by atoms with Crippen molar-refractivity contribution in [2.45, 2.75) is 56.0 Å². The predicted octanol–water partition coefficient (Wildman–Crippen LogP) is 6.74. The van der Waals surface area contributed by atoms with Gasteiger partial charge >= 0.3 is 11.6 Å². The van der Waals surface area contributed by atoms with Crippen LogP contribution in [0.1, 0.15) is 45.1 Å². The number of ether oxygens (including phenoxy) is 1. The molecule has 1 saturated heterocycles. The topological polar surface area (TPSA) is 46.6 Å². The van der Waals surface area contributed by atoms with Crippen molar-refractivity contribution in [3.63, 3.8) is 0 Å². The monoisotopic (exact) mass is 453 g/mol. The first kappa shape index (κ1) is 24.8. The third-order valence-corrected chi connectivity index (χ3v) is 5.56. The highest BCUT2D eigenvalue weighted by atomic mass is 32.2. The second-order valence-electron chi connectivity index (χ2n) is 7.10. The van der Waals surface area contributed by atoms with Gasteiger partial charge in [0.05, 0.1) is 12.6 Å². The molecule has 0 radical (unpaired) electrons. The third kappa shape index (κ3) is 7.31. The summed E-state index contributed by atoms with van der Waals surface area (Å²) in [5.41, 5.74) is -2.10. The van der Waals surface area contributed by atoms with Crippen LogP contribution in [0.25, 0.3) is 5.57 Å². The lowest BCUT2D eigenvalue weighted by molar-refractivity contribution is -0.127. The van der Waals surface area contributed by atoms with E-state index in [1.54, 1.807) is 30.4 Å². The average molecular weight is 454 g/mol. The molecule has 1 aliphatic heterocycles. The summed E-state index contributed by atoms with van der Waals surface area (Å²) >= 11 is -0.165. The van der Waals surface area contributed by atoms with E-state index < -0.39 is 11.6 Å². The molecule has 0 spiro atoms. The van der Waals surface area contributed by atoms with E-state index in [1.165, 1.54) is 17.0 Å². The van der Waals surface area contributed by atoms with E-state index in [0.717, 1.165) is 18.4 Å². The number of allylic oxidation sites excluding steroid dienone is 4. The Morgan fingerprint density at radius 1 is 1.29 bits per heavy atom. The van der Waals surface area contributed by atoms with Gasteiger partial charge in [-0.15, -0.1) is 0 Å². The fourth-order valence-electron chi connectivity index (χ4n) is 3.18. The number of unbranched alkanes of at least 4 members (excludes halogenated alkanes) is 1. The van der Waals surface area contributed by atoms with Crippen LogP contribution < -0.4 is 0 Å². The normalized spacial score (nSPS) is 17.8. The number of likely N-dealkylation sites (tertiary alicyclic amines) is 1. The first-order valence-corrected chi connectivity index (χ1v) is 10.8. The van der Waals surface area contributed by atoms with Gasteiger partial charge in [0.1, 0.15) is 0 Å².